The van der Waals surface area contributed by atoms with Crippen molar-refractivity contribution in [2.24, 2.45) is 0 Å². The summed E-state index contributed by atoms with van der Waals surface area (Å²) in [6.07, 6.45) is 8.13. The average molecular weight is 298 g/mol. The maximum atomic E-state index is 12.5. The van der Waals surface area contributed by atoms with Gasteiger partial charge in [0.05, 0.1) is 11.6 Å². The maximum absolute atomic E-state index is 12.5. The van der Waals surface area contributed by atoms with Crippen LogP contribution in [0.5, 0.6) is 0 Å². The number of rotatable bonds is 2. The number of hydrogen-bond acceptors (Lipinski definition) is 3. The van der Waals surface area contributed by atoms with E-state index >= 15 is 0 Å². The third kappa shape index (κ3) is 2.06. The fourth-order valence-corrected chi connectivity index (χ4v) is 3.70. The molecule has 3 heterocycles. The van der Waals surface area contributed by atoms with Gasteiger partial charge < -0.3 is 5.32 Å². The summed E-state index contributed by atoms with van der Waals surface area (Å²) in [5.74, 6) is 0.424. The van der Waals surface area contributed by atoms with Crippen molar-refractivity contribution >= 4 is 11.7 Å². The van der Waals surface area contributed by atoms with Crippen LogP contribution in [0, 0.1) is 0 Å². The van der Waals surface area contributed by atoms with Gasteiger partial charge in [-0.3, -0.25) is 24.4 Å². The summed E-state index contributed by atoms with van der Waals surface area (Å²) in [6.45, 7) is 0. The highest BCUT2D eigenvalue weighted by molar-refractivity contribution is 5.94. The van der Waals surface area contributed by atoms with E-state index in [9.17, 15) is 9.59 Å². The molecule has 22 heavy (non-hydrogen) atoms. The van der Waals surface area contributed by atoms with Crippen molar-refractivity contribution < 1.29 is 4.79 Å². The smallest absolute Gasteiger partial charge is 0.270 e. The van der Waals surface area contributed by atoms with Crippen LogP contribution in [0.2, 0.25) is 0 Å². The van der Waals surface area contributed by atoms with Crippen LogP contribution in [0.3, 0.4) is 0 Å². The number of hydrogen-bond donors (Lipinski definition) is 2. The Labute approximate surface area is 127 Å². The first-order valence-corrected chi connectivity index (χ1v) is 7.78. The van der Waals surface area contributed by atoms with E-state index in [4.69, 9.17) is 0 Å². The zero-order chi connectivity index (χ0) is 15.1. The number of H-pyrrole nitrogens is 1. The molecule has 114 valence electrons. The van der Waals surface area contributed by atoms with Gasteiger partial charge in [0.1, 0.15) is 5.82 Å². The molecule has 1 atom stereocenters. The molecule has 1 aliphatic heterocycles. The number of anilines is 1. The molecule has 4 rings (SSSR count). The van der Waals surface area contributed by atoms with E-state index < -0.39 is 0 Å². The standard InChI is InChI=1S/C16H18N4O2/c21-13-9-12(10-5-7-17-8-6-10)14-15(18-13)20(19-16(14)22)11-3-1-2-4-11/h5-8,11-12H,1-4,9H2,(H,18,21)(H,19,22). The van der Waals surface area contributed by atoms with Crippen LogP contribution in [-0.4, -0.2) is 20.7 Å². The molecule has 0 saturated heterocycles. The molecular weight excluding hydrogens is 280 g/mol. The number of pyridine rings is 1. The number of nitrogens with zero attached hydrogens (tertiary/aromatic N) is 2. The molecule has 2 aromatic rings. The SMILES string of the molecule is O=C1CC(c2ccncc2)c2c(n(C3CCCC3)[nH]c2=O)N1. The average Bonchev–Trinajstić information content (AvgIpc) is 3.16. The second kappa shape index (κ2) is 5.12. The van der Waals surface area contributed by atoms with Crippen LogP contribution >= 0.6 is 0 Å². The Bertz CT molecular complexity index is 756. The molecule has 1 fully saturated rings. The third-order valence-corrected chi connectivity index (χ3v) is 4.76. The van der Waals surface area contributed by atoms with Crippen LogP contribution in [0.25, 0.3) is 0 Å². The first-order chi connectivity index (χ1) is 10.7. The van der Waals surface area contributed by atoms with Crippen LogP contribution in [0.4, 0.5) is 5.82 Å². The fourth-order valence-electron chi connectivity index (χ4n) is 3.70. The van der Waals surface area contributed by atoms with E-state index in [-0.39, 0.29) is 23.4 Å². The van der Waals surface area contributed by atoms with Crippen molar-refractivity contribution in [2.45, 2.75) is 44.1 Å². The summed E-state index contributed by atoms with van der Waals surface area (Å²) in [5.41, 5.74) is 1.54. The van der Waals surface area contributed by atoms with Gasteiger partial charge in [-0.25, -0.2) is 0 Å². The Morgan fingerprint density at radius 2 is 1.86 bits per heavy atom. The molecule has 0 spiro atoms. The Kier molecular flexibility index (Phi) is 3.10. The lowest BCUT2D eigenvalue weighted by molar-refractivity contribution is -0.116. The minimum atomic E-state index is -0.196. The van der Waals surface area contributed by atoms with Crippen molar-refractivity contribution in [2.75, 3.05) is 5.32 Å². The van der Waals surface area contributed by atoms with Crippen LogP contribution in [-0.2, 0) is 4.79 Å². The van der Waals surface area contributed by atoms with Gasteiger partial charge in [0, 0.05) is 24.7 Å². The molecule has 2 aliphatic rings. The zero-order valence-electron chi connectivity index (χ0n) is 12.2. The summed E-state index contributed by atoms with van der Waals surface area (Å²) in [4.78, 5) is 28.6. The topological polar surface area (TPSA) is 79.8 Å². The Balaban J connectivity index is 1.84. The summed E-state index contributed by atoms with van der Waals surface area (Å²) >= 11 is 0. The number of carbonyl (C=O) groups is 1. The number of aromatic nitrogens is 3. The number of amides is 1. The highest BCUT2D eigenvalue weighted by Gasteiger charge is 2.34. The Morgan fingerprint density at radius 3 is 2.59 bits per heavy atom. The Hall–Kier alpha value is -2.37. The molecular formula is C16H18N4O2. The molecule has 0 radical (unpaired) electrons. The van der Waals surface area contributed by atoms with Gasteiger partial charge >= 0.3 is 0 Å². The molecule has 1 aliphatic carbocycles. The summed E-state index contributed by atoms with van der Waals surface area (Å²) in [7, 11) is 0. The van der Waals surface area contributed by atoms with E-state index in [1.807, 2.05) is 16.8 Å². The second-order valence-corrected chi connectivity index (χ2v) is 6.10. The third-order valence-electron chi connectivity index (χ3n) is 4.76. The maximum Gasteiger partial charge on any atom is 0.270 e. The van der Waals surface area contributed by atoms with Crippen molar-refractivity contribution in [3.05, 3.63) is 46.0 Å². The summed E-state index contributed by atoms with van der Waals surface area (Å²) in [5, 5.41) is 5.85. The Morgan fingerprint density at radius 1 is 1.14 bits per heavy atom. The van der Waals surface area contributed by atoms with E-state index in [0.717, 1.165) is 18.4 Å². The van der Waals surface area contributed by atoms with E-state index in [0.29, 0.717) is 17.8 Å². The summed E-state index contributed by atoms with van der Waals surface area (Å²) in [6, 6.07) is 4.03. The monoisotopic (exact) mass is 298 g/mol. The molecule has 1 saturated carbocycles. The van der Waals surface area contributed by atoms with E-state index in [1.165, 1.54) is 12.8 Å². The first-order valence-electron chi connectivity index (χ1n) is 7.78. The van der Waals surface area contributed by atoms with Gasteiger partial charge in [-0.15, -0.1) is 0 Å². The molecule has 6 nitrogen and oxygen atoms in total. The zero-order valence-corrected chi connectivity index (χ0v) is 12.2. The predicted octanol–water partition coefficient (Wildman–Crippen LogP) is 2.16. The van der Waals surface area contributed by atoms with Gasteiger partial charge in [-0.2, -0.15) is 0 Å². The quantitative estimate of drug-likeness (QED) is 0.891. The minimum Gasteiger partial charge on any atom is -0.311 e. The van der Waals surface area contributed by atoms with Gasteiger partial charge in [0.2, 0.25) is 5.91 Å². The minimum absolute atomic E-state index is 0.0416. The lowest BCUT2D eigenvalue weighted by Gasteiger charge is -2.24. The van der Waals surface area contributed by atoms with Crippen LogP contribution in [0.15, 0.2) is 29.3 Å². The number of aromatic amines is 1. The largest absolute Gasteiger partial charge is 0.311 e. The summed E-state index contributed by atoms with van der Waals surface area (Å²) < 4.78 is 1.88. The van der Waals surface area contributed by atoms with Crippen LogP contribution < -0.4 is 10.9 Å². The number of fused-ring (bicyclic) bond motifs is 1. The molecule has 0 aromatic carbocycles. The van der Waals surface area contributed by atoms with Gasteiger partial charge in [-0.05, 0) is 30.5 Å². The molecule has 2 N–H and O–H groups in total. The van der Waals surface area contributed by atoms with E-state index in [1.54, 1.807) is 12.4 Å². The van der Waals surface area contributed by atoms with E-state index in [2.05, 4.69) is 15.4 Å². The van der Waals surface area contributed by atoms with Gasteiger partial charge in [-0.1, -0.05) is 12.8 Å². The van der Waals surface area contributed by atoms with Crippen LogP contribution in [0.1, 0.15) is 55.2 Å². The predicted molar refractivity (Wildman–Crippen MR) is 81.9 cm³/mol. The van der Waals surface area contributed by atoms with Gasteiger partial charge in [0.15, 0.2) is 0 Å². The first kappa shape index (κ1) is 13.3. The molecule has 1 unspecified atom stereocenters. The molecule has 2 aromatic heterocycles. The second-order valence-electron chi connectivity index (χ2n) is 6.10. The molecule has 1 amide bonds. The molecule has 0 bridgehead atoms. The normalized spacial score (nSPS) is 21.6. The lowest BCUT2D eigenvalue weighted by atomic mass is 9.88. The number of nitrogens with one attached hydrogen (secondary N) is 2. The fraction of sp³-hybridized carbons (Fsp3) is 0.438. The van der Waals surface area contributed by atoms with Crippen molar-refractivity contribution in [3.63, 3.8) is 0 Å². The van der Waals surface area contributed by atoms with Crippen molar-refractivity contribution in [1.29, 1.82) is 0 Å². The van der Waals surface area contributed by atoms with Gasteiger partial charge in [0.25, 0.3) is 5.56 Å². The number of carbonyl (C=O) groups excluding carboxylic acids is 1. The van der Waals surface area contributed by atoms with Crippen molar-refractivity contribution in [1.82, 2.24) is 14.8 Å². The highest BCUT2D eigenvalue weighted by atomic mass is 16.2. The van der Waals surface area contributed by atoms with Crippen molar-refractivity contribution in [3.8, 4) is 0 Å². The molecule has 6 heteroatoms. The highest BCUT2D eigenvalue weighted by Crippen LogP contribution is 2.38. The lowest BCUT2D eigenvalue weighted by Crippen LogP contribution is -2.27.